The smallest absolute Gasteiger partial charge is 0.344 e. The van der Waals surface area contributed by atoms with Crippen LogP contribution < -0.4 is 0 Å². The lowest BCUT2D eigenvalue weighted by atomic mass is 10.5. The third-order valence-corrected chi connectivity index (χ3v) is 0.796. The zero-order valence-electron chi connectivity index (χ0n) is 4.73. The van der Waals surface area contributed by atoms with Gasteiger partial charge in [0.1, 0.15) is 0 Å². The van der Waals surface area contributed by atoms with E-state index in [-0.39, 0.29) is 0 Å². The van der Waals surface area contributed by atoms with Gasteiger partial charge >= 0.3 is 17.0 Å². The summed E-state index contributed by atoms with van der Waals surface area (Å²) in [6.45, 7) is 1.58. The summed E-state index contributed by atoms with van der Waals surface area (Å²) in [5, 5.41) is 0. The fourth-order valence-corrected chi connectivity index (χ4v) is 0.448. The highest BCUT2D eigenvalue weighted by molar-refractivity contribution is 7.67. The van der Waals surface area contributed by atoms with Gasteiger partial charge < -0.3 is 4.18 Å². The van der Waals surface area contributed by atoms with Crippen LogP contribution in [0.5, 0.6) is 0 Å². The second kappa shape index (κ2) is 4.08. The van der Waals surface area contributed by atoms with Crippen LogP contribution in [-0.4, -0.2) is 14.4 Å². The lowest BCUT2D eigenvalue weighted by Crippen LogP contribution is -1.97. The molecule has 0 spiro atoms. The first kappa shape index (κ1) is 8.16. The van der Waals surface area contributed by atoms with Gasteiger partial charge in [0.25, 0.3) is 0 Å². The van der Waals surface area contributed by atoms with Crippen molar-refractivity contribution in [3.63, 3.8) is 0 Å². The third kappa shape index (κ3) is 5.02. The Hall–Kier alpha value is -0.840. The Morgan fingerprint density at radius 1 is 1.56 bits per heavy atom. The van der Waals surface area contributed by atoms with Gasteiger partial charge in [-0.25, -0.2) is 4.79 Å². The van der Waals surface area contributed by atoms with Crippen LogP contribution >= 0.6 is 0 Å². The first-order valence-corrected chi connectivity index (χ1v) is 3.25. The number of hydrogen-bond acceptors (Lipinski definition) is 4. The van der Waals surface area contributed by atoms with Crippen LogP contribution in [0.3, 0.4) is 0 Å². The summed E-state index contributed by atoms with van der Waals surface area (Å²) in [5.41, 5.74) is 0. The second-order valence-electron chi connectivity index (χ2n) is 1.13. The number of thiol groups is 1. The van der Waals surface area contributed by atoms with Crippen LogP contribution in [0.25, 0.3) is 0 Å². The molecule has 0 saturated heterocycles. The van der Waals surface area contributed by atoms with E-state index < -0.39 is 17.0 Å². The molecule has 0 N–H and O–H groups in total. The Morgan fingerprint density at radius 3 is 2.44 bits per heavy atom. The summed E-state index contributed by atoms with van der Waals surface area (Å²) >= 11 is 0. The molecule has 0 heterocycles. The molecule has 0 aliphatic heterocycles. The van der Waals surface area contributed by atoms with Crippen LogP contribution in [0, 0.1) is 0 Å². The topological polar surface area (TPSA) is 60.4 Å². The molecule has 0 aliphatic carbocycles. The van der Waals surface area contributed by atoms with Crippen molar-refractivity contribution >= 4 is 17.0 Å². The SMILES string of the molecule is CC=CC(=O)O[SH](=O)=O. The summed E-state index contributed by atoms with van der Waals surface area (Å²) < 4.78 is 23.0. The molecule has 0 amide bonds. The normalized spacial score (nSPS) is 10.4. The second-order valence-corrected chi connectivity index (χ2v) is 1.76. The van der Waals surface area contributed by atoms with Crippen molar-refractivity contribution in [3.8, 4) is 0 Å². The Labute approximate surface area is 54.3 Å². The molecule has 0 aromatic carbocycles. The molecule has 0 bridgehead atoms. The van der Waals surface area contributed by atoms with Gasteiger partial charge in [0, 0.05) is 6.08 Å². The van der Waals surface area contributed by atoms with E-state index in [1.54, 1.807) is 6.92 Å². The molecule has 0 atom stereocenters. The molecule has 9 heavy (non-hydrogen) atoms. The summed E-state index contributed by atoms with van der Waals surface area (Å²) in [6, 6.07) is 0. The van der Waals surface area contributed by atoms with Crippen LogP contribution in [-0.2, 0) is 20.0 Å². The zero-order valence-corrected chi connectivity index (χ0v) is 5.63. The van der Waals surface area contributed by atoms with E-state index in [1.165, 1.54) is 6.08 Å². The third-order valence-electron chi connectivity index (χ3n) is 0.467. The molecule has 52 valence electrons. The maximum Gasteiger partial charge on any atom is 0.345 e. The Kier molecular flexibility index (Phi) is 3.70. The molecular formula is C4H6O4S. The molecule has 0 fully saturated rings. The lowest BCUT2D eigenvalue weighted by Gasteiger charge is -1.84. The minimum absolute atomic E-state index is 0.867. The van der Waals surface area contributed by atoms with Gasteiger partial charge in [-0.3, -0.25) is 0 Å². The average molecular weight is 150 g/mol. The van der Waals surface area contributed by atoms with Gasteiger partial charge in [-0.15, -0.1) is 0 Å². The van der Waals surface area contributed by atoms with E-state index in [0.29, 0.717) is 0 Å². The Morgan fingerprint density at radius 2 is 2.11 bits per heavy atom. The van der Waals surface area contributed by atoms with Crippen LogP contribution in [0.1, 0.15) is 6.92 Å². The zero-order chi connectivity index (χ0) is 7.28. The molecule has 0 unspecified atom stereocenters. The highest BCUT2D eigenvalue weighted by Crippen LogP contribution is 1.79. The number of rotatable bonds is 2. The monoisotopic (exact) mass is 150 g/mol. The first-order valence-electron chi connectivity index (χ1n) is 2.16. The van der Waals surface area contributed by atoms with Gasteiger partial charge in [-0.1, -0.05) is 6.08 Å². The lowest BCUT2D eigenvalue weighted by molar-refractivity contribution is -0.128. The Balaban J connectivity index is 3.78. The molecular weight excluding hydrogens is 144 g/mol. The molecule has 4 nitrogen and oxygen atoms in total. The maximum atomic E-state index is 10.2. The van der Waals surface area contributed by atoms with Gasteiger partial charge in [0.05, 0.1) is 0 Å². The highest BCUT2D eigenvalue weighted by atomic mass is 32.2. The van der Waals surface area contributed by atoms with Crippen molar-refractivity contribution in [2.75, 3.05) is 0 Å². The molecule has 0 saturated carbocycles. The minimum Gasteiger partial charge on any atom is -0.344 e. The van der Waals surface area contributed by atoms with Crippen molar-refractivity contribution in [2.24, 2.45) is 0 Å². The van der Waals surface area contributed by atoms with Crippen molar-refractivity contribution in [3.05, 3.63) is 12.2 Å². The molecule has 0 radical (unpaired) electrons. The molecule has 0 aromatic rings. The number of carbonyl (C=O) groups is 1. The molecule has 0 aromatic heterocycles. The van der Waals surface area contributed by atoms with E-state index in [9.17, 15) is 13.2 Å². The van der Waals surface area contributed by atoms with E-state index in [2.05, 4.69) is 4.18 Å². The number of carbonyl (C=O) groups excluding carboxylic acids is 1. The first-order chi connectivity index (χ1) is 4.16. The Bertz CT molecular complexity index is 183. The van der Waals surface area contributed by atoms with Crippen molar-refractivity contribution in [1.29, 1.82) is 0 Å². The minimum atomic E-state index is -3.05. The van der Waals surface area contributed by atoms with Gasteiger partial charge in [-0.2, -0.15) is 8.42 Å². The van der Waals surface area contributed by atoms with Gasteiger partial charge in [0.2, 0.25) is 0 Å². The fourth-order valence-electron chi connectivity index (χ4n) is 0.240. The summed E-state index contributed by atoms with van der Waals surface area (Å²) in [5.74, 6) is -0.867. The average Bonchev–Trinajstić information content (AvgIpc) is 1.63. The largest absolute Gasteiger partial charge is 0.345 e. The van der Waals surface area contributed by atoms with E-state index >= 15 is 0 Å². The van der Waals surface area contributed by atoms with Crippen LogP contribution in [0.4, 0.5) is 0 Å². The standard InChI is InChI=1S/C4H6O4S/c1-2-3-4(5)8-9(6)7/h2-3,9H,1H3. The van der Waals surface area contributed by atoms with Gasteiger partial charge in [0.15, 0.2) is 0 Å². The summed E-state index contributed by atoms with van der Waals surface area (Å²) in [4.78, 5) is 10.2. The highest BCUT2D eigenvalue weighted by Gasteiger charge is 1.93. The molecule has 0 rings (SSSR count). The van der Waals surface area contributed by atoms with E-state index in [1.807, 2.05) is 0 Å². The molecule has 5 heteroatoms. The van der Waals surface area contributed by atoms with Gasteiger partial charge in [-0.05, 0) is 6.92 Å². The van der Waals surface area contributed by atoms with Crippen molar-refractivity contribution in [1.82, 2.24) is 0 Å². The van der Waals surface area contributed by atoms with Crippen molar-refractivity contribution in [2.45, 2.75) is 6.92 Å². The maximum absolute atomic E-state index is 10.2. The van der Waals surface area contributed by atoms with E-state index in [4.69, 9.17) is 0 Å². The molecule has 0 aliphatic rings. The number of hydrogen-bond donors (Lipinski definition) is 1. The van der Waals surface area contributed by atoms with Crippen LogP contribution in [0.15, 0.2) is 12.2 Å². The predicted molar refractivity (Wildman–Crippen MR) is 31.2 cm³/mol. The van der Waals surface area contributed by atoms with E-state index in [0.717, 1.165) is 6.08 Å². The summed E-state index contributed by atoms with van der Waals surface area (Å²) in [6.07, 6.45) is 2.41. The fraction of sp³-hybridized carbons (Fsp3) is 0.250. The van der Waals surface area contributed by atoms with Crippen LogP contribution in [0.2, 0.25) is 0 Å². The summed E-state index contributed by atoms with van der Waals surface area (Å²) in [7, 11) is -3.05. The van der Waals surface area contributed by atoms with Crippen molar-refractivity contribution < 1.29 is 17.4 Å². The predicted octanol–water partition coefficient (Wildman–Crippen LogP) is -0.368. The quantitative estimate of drug-likeness (QED) is 0.431. The number of allylic oxidation sites excluding steroid dienone is 1.